The molecule has 0 aliphatic rings. The zero-order valence-electron chi connectivity index (χ0n) is 12.7. The molecule has 1 aromatic heterocycles. The Balaban J connectivity index is 3.09. The molecule has 20 heavy (non-hydrogen) atoms. The smallest absolute Gasteiger partial charge is 0.159 e. The summed E-state index contributed by atoms with van der Waals surface area (Å²) in [5, 5.41) is 11.8. The Kier molecular flexibility index (Phi) is 6.81. The second-order valence-electron chi connectivity index (χ2n) is 4.63. The van der Waals surface area contributed by atoms with Crippen molar-refractivity contribution in [1.82, 2.24) is 10.2 Å². The van der Waals surface area contributed by atoms with Gasteiger partial charge in [-0.1, -0.05) is 26.1 Å². The average Bonchev–Trinajstić information content (AvgIpc) is 2.43. The monoisotopic (exact) mass is 296 g/mol. The van der Waals surface area contributed by atoms with Crippen molar-refractivity contribution in [3.63, 3.8) is 0 Å². The third-order valence-corrected chi connectivity index (χ3v) is 3.25. The highest BCUT2D eigenvalue weighted by Crippen LogP contribution is 2.21. The molecule has 5 nitrogen and oxygen atoms in total. The molecule has 0 fully saturated rings. The van der Waals surface area contributed by atoms with E-state index in [2.05, 4.69) is 29.4 Å². The molecule has 0 aliphatic carbocycles. The fourth-order valence-corrected chi connectivity index (χ4v) is 2.33. The highest BCUT2D eigenvalue weighted by molar-refractivity contribution is 7.80. The van der Waals surface area contributed by atoms with E-state index in [0.29, 0.717) is 24.0 Å². The molecule has 0 aliphatic heterocycles. The number of anilines is 1. The van der Waals surface area contributed by atoms with Crippen LogP contribution in [0.15, 0.2) is 0 Å². The predicted molar refractivity (Wildman–Crippen MR) is 86.3 cm³/mol. The molecule has 0 saturated carbocycles. The van der Waals surface area contributed by atoms with Crippen molar-refractivity contribution in [3.8, 4) is 0 Å². The molecule has 0 bridgehead atoms. The Morgan fingerprint density at radius 1 is 1.30 bits per heavy atom. The van der Waals surface area contributed by atoms with Crippen LogP contribution < -0.4 is 11.1 Å². The minimum atomic E-state index is 0.120. The van der Waals surface area contributed by atoms with E-state index in [1.54, 1.807) is 0 Å². The first-order valence-electron chi connectivity index (χ1n) is 7.07. The quantitative estimate of drug-likeness (QED) is 0.716. The second-order valence-corrected chi connectivity index (χ2v) is 5.06. The number of aryl methyl sites for hydroxylation is 1. The van der Waals surface area contributed by atoms with Crippen LogP contribution in [0, 0.1) is 0 Å². The highest BCUT2D eigenvalue weighted by Gasteiger charge is 2.17. The largest absolute Gasteiger partial charge is 0.389 e. The summed E-state index contributed by atoms with van der Waals surface area (Å²) in [6.07, 6.45) is 1.65. The number of nitrogens with two attached hydrogens (primary N) is 1. The van der Waals surface area contributed by atoms with Gasteiger partial charge in [-0.2, -0.15) is 5.10 Å². The van der Waals surface area contributed by atoms with Crippen LogP contribution in [0.5, 0.6) is 0 Å². The summed E-state index contributed by atoms with van der Waals surface area (Å²) in [4.78, 5) is 0.359. The number of hydrogen-bond acceptors (Lipinski definition) is 5. The van der Waals surface area contributed by atoms with Gasteiger partial charge in [-0.3, -0.25) is 0 Å². The zero-order chi connectivity index (χ0) is 15.1. The highest BCUT2D eigenvalue weighted by atomic mass is 32.1. The van der Waals surface area contributed by atoms with E-state index in [-0.39, 0.29) is 6.04 Å². The fourth-order valence-electron chi connectivity index (χ4n) is 2.11. The Morgan fingerprint density at radius 2 is 2.00 bits per heavy atom. The fraction of sp³-hybridized carbons (Fsp3) is 0.643. The summed E-state index contributed by atoms with van der Waals surface area (Å²) >= 11 is 5.19. The van der Waals surface area contributed by atoms with Crippen molar-refractivity contribution in [2.24, 2.45) is 5.73 Å². The zero-order valence-corrected chi connectivity index (χ0v) is 13.5. The maximum atomic E-state index is 5.88. The number of hydrogen-bond donors (Lipinski definition) is 2. The average molecular weight is 296 g/mol. The van der Waals surface area contributed by atoms with Crippen LogP contribution in [-0.2, 0) is 17.6 Å². The lowest BCUT2D eigenvalue weighted by molar-refractivity contribution is 0.141. The normalized spacial score (nSPS) is 12.2. The molecule has 0 aromatic carbocycles. The van der Waals surface area contributed by atoms with E-state index < -0.39 is 0 Å². The number of nitrogens with one attached hydrogen (secondary N) is 1. The van der Waals surface area contributed by atoms with Crippen molar-refractivity contribution in [2.45, 2.75) is 46.6 Å². The summed E-state index contributed by atoms with van der Waals surface area (Å²) in [6, 6.07) is 0.120. The number of nitrogens with zero attached hydrogens (tertiary/aromatic N) is 2. The number of thiocarbonyl (C=S) groups is 1. The van der Waals surface area contributed by atoms with Crippen molar-refractivity contribution >= 4 is 23.0 Å². The number of aromatic nitrogens is 2. The van der Waals surface area contributed by atoms with Gasteiger partial charge >= 0.3 is 0 Å². The molecular formula is C14H24N4OS. The van der Waals surface area contributed by atoms with E-state index >= 15 is 0 Å². The van der Waals surface area contributed by atoms with E-state index in [4.69, 9.17) is 22.7 Å². The molecule has 0 amide bonds. The van der Waals surface area contributed by atoms with E-state index in [1.165, 1.54) is 0 Å². The van der Waals surface area contributed by atoms with E-state index in [0.717, 1.165) is 29.7 Å². The SMILES string of the molecule is CCOCC(C)Nc1nnc(CC)c(CC)c1C(N)=S. The van der Waals surface area contributed by atoms with Crippen molar-refractivity contribution < 1.29 is 4.74 Å². The van der Waals surface area contributed by atoms with Crippen molar-refractivity contribution in [3.05, 3.63) is 16.8 Å². The Hall–Kier alpha value is -1.27. The summed E-state index contributed by atoms with van der Waals surface area (Å²) in [5.41, 5.74) is 8.74. The molecule has 112 valence electrons. The molecule has 1 atom stereocenters. The van der Waals surface area contributed by atoms with Gasteiger partial charge in [-0.05, 0) is 32.3 Å². The number of rotatable bonds is 8. The maximum Gasteiger partial charge on any atom is 0.159 e. The van der Waals surface area contributed by atoms with Crippen LogP contribution in [-0.4, -0.2) is 34.4 Å². The Bertz CT molecular complexity index is 465. The van der Waals surface area contributed by atoms with E-state index in [9.17, 15) is 0 Å². The minimum Gasteiger partial charge on any atom is -0.389 e. The van der Waals surface area contributed by atoms with Crippen molar-refractivity contribution in [2.75, 3.05) is 18.5 Å². The van der Waals surface area contributed by atoms with Gasteiger partial charge in [0.05, 0.1) is 17.9 Å². The Labute approximate surface area is 126 Å². The minimum absolute atomic E-state index is 0.120. The molecule has 1 rings (SSSR count). The lowest BCUT2D eigenvalue weighted by atomic mass is 10.0. The molecule has 0 radical (unpaired) electrons. The van der Waals surface area contributed by atoms with Gasteiger partial charge < -0.3 is 15.8 Å². The summed E-state index contributed by atoms with van der Waals surface area (Å²) in [6.45, 7) is 9.42. The summed E-state index contributed by atoms with van der Waals surface area (Å²) in [7, 11) is 0. The van der Waals surface area contributed by atoms with Gasteiger partial charge in [0.1, 0.15) is 4.99 Å². The molecule has 0 saturated heterocycles. The van der Waals surface area contributed by atoms with Crippen LogP contribution in [0.2, 0.25) is 0 Å². The first kappa shape index (κ1) is 16.8. The second kappa shape index (κ2) is 8.11. The molecule has 0 spiro atoms. The van der Waals surface area contributed by atoms with Crippen LogP contribution in [0.4, 0.5) is 5.82 Å². The first-order chi connectivity index (χ1) is 9.54. The molecule has 1 aromatic rings. The number of ether oxygens (including phenoxy) is 1. The van der Waals surface area contributed by atoms with Gasteiger partial charge in [0.2, 0.25) is 0 Å². The van der Waals surface area contributed by atoms with Crippen LogP contribution >= 0.6 is 12.2 Å². The lowest BCUT2D eigenvalue weighted by Crippen LogP contribution is -2.26. The third kappa shape index (κ3) is 4.11. The molecule has 3 N–H and O–H groups in total. The van der Waals surface area contributed by atoms with Gasteiger partial charge in [-0.25, -0.2) is 0 Å². The standard InChI is InChI=1S/C14H24N4OS/c1-5-10-11(6-2)17-18-14(12(10)13(15)20)16-9(4)8-19-7-3/h9H,5-8H2,1-4H3,(H2,15,20)(H,16,18). The van der Waals surface area contributed by atoms with Crippen LogP contribution in [0.25, 0.3) is 0 Å². The van der Waals surface area contributed by atoms with E-state index in [1.807, 2.05) is 13.8 Å². The predicted octanol–water partition coefficient (Wildman–Crippen LogP) is 2.07. The lowest BCUT2D eigenvalue weighted by Gasteiger charge is -2.19. The van der Waals surface area contributed by atoms with Crippen LogP contribution in [0.1, 0.15) is 44.5 Å². The van der Waals surface area contributed by atoms with Crippen LogP contribution in [0.3, 0.4) is 0 Å². The maximum absolute atomic E-state index is 5.88. The molecule has 1 heterocycles. The Morgan fingerprint density at radius 3 is 2.50 bits per heavy atom. The summed E-state index contributed by atoms with van der Waals surface area (Å²) < 4.78 is 5.39. The van der Waals surface area contributed by atoms with Gasteiger partial charge in [0, 0.05) is 12.6 Å². The molecule has 6 heteroatoms. The third-order valence-electron chi connectivity index (χ3n) is 3.05. The molecule has 1 unspecified atom stereocenters. The summed E-state index contributed by atoms with van der Waals surface area (Å²) in [5.74, 6) is 0.652. The van der Waals surface area contributed by atoms with Crippen molar-refractivity contribution in [1.29, 1.82) is 0 Å². The van der Waals surface area contributed by atoms with Gasteiger partial charge in [0.25, 0.3) is 0 Å². The first-order valence-corrected chi connectivity index (χ1v) is 7.48. The van der Waals surface area contributed by atoms with Gasteiger partial charge in [-0.15, -0.1) is 5.10 Å². The molecular weight excluding hydrogens is 272 g/mol. The topological polar surface area (TPSA) is 73.1 Å². The van der Waals surface area contributed by atoms with Gasteiger partial charge in [0.15, 0.2) is 5.82 Å².